The third-order valence-electron chi connectivity index (χ3n) is 6.58. The zero-order chi connectivity index (χ0) is 27.4. The molecule has 2 heterocycles. The lowest BCUT2D eigenvalue weighted by Crippen LogP contribution is -2.13. The number of pyridine rings is 1. The average molecular weight is 526 g/mol. The molecule has 0 aliphatic rings. The first kappa shape index (κ1) is 31.3. The van der Waals surface area contributed by atoms with Gasteiger partial charge in [-0.2, -0.15) is 0 Å². The number of allylic oxidation sites excluding steroid dienone is 1. The molecule has 210 valence electrons. The topological polar surface area (TPSA) is 78.6 Å². The van der Waals surface area contributed by atoms with E-state index in [1.165, 1.54) is 19.3 Å². The number of ether oxygens (including phenoxy) is 2. The highest BCUT2D eigenvalue weighted by atomic mass is 16.6. The highest BCUT2D eigenvalue weighted by Gasteiger charge is 2.26. The summed E-state index contributed by atoms with van der Waals surface area (Å²) in [5, 5.41) is 0. The molecule has 2 atom stereocenters. The zero-order valence-electron chi connectivity index (χ0n) is 23.5. The van der Waals surface area contributed by atoms with Gasteiger partial charge < -0.3 is 13.9 Å². The number of esters is 2. The number of hydrogen-bond donors (Lipinski definition) is 0. The molecular formula is C32H47NO5. The van der Waals surface area contributed by atoms with Gasteiger partial charge >= 0.3 is 11.9 Å². The molecule has 2 aromatic heterocycles. The third-order valence-corrected chi connectivity index (χ3v) is 6.58. The Balaban J connectivity index is 2.10. The molecule has 0 fully saturated rings. The van der Waals surface area contributed by atoms with Gasteiger partial charge in [0.05, 0.1) is 0 Å². The summed E-state index contributed by atoms with van der Waals surface area (Å²) >= 11 is 0. The smallest absolute Gasteiger partial charge is 0.306 e. The molecule has 38 heavy (non-hydrogen) atoms. The quantitative estimate of drug-likeness (QED) is 0.0919. The van der Waals surface area contributed by atoms with Gasteiger partial charge in [-0.25, -0.2) is 0 Å². The highest BCUT2D eigenvalue weighted by molar-refractivity contribution is 5.70. The molecule has 2 rings (SSSR count). The fraction of sp³-hybridized carbons (Fsp3) is 0.594. The molecule has 0 N–H and O–H groups in total. The molecule has 0 radical (unpaired) electrons. The lowest BCUT2D eigenvalue weighted by atomic mass is 10.1. The normalized spacial score (nSPS) is 12.6. The van der Waals surface area contributed by atoms with Crippen molar-refractivity contribution >= 4 is 11.9 Å². The average Bonchev–Trinajstić information content (AvgIpc) is 3.41. The molecule has 6 nitrogen and oxygen atoms in total. The molecule has 0 aromatic carbocycles. The lowest BCUT2D eigenvalue weighted by molar-refractivity contribution is -0.151. The summed E-state index contributed by atoms with van der Waals surface area (Å²) in [7, 11) is 0. The molecule has 0 spiro atoms. The maximum Gasteiger partial charge on any atom is 0.306 e. The van der Waals surface area contributed by atoms with Gasteiger partial charge in [0, 0.05) is 30.8 Å². The molecule has 0 bridgehead atoms. The molecule has 0 saturated carbocycles. The monoisotopic (exact) mass is 525 g/mol. The van der Waals surface area contributed by atoms with Gasteiger partial charge in [0.15, 0.2) is 12.2 Å². The van der Waals surface area contributed by atoms with Crippen LogP contribution >= 0.6 is 0 Å². The standard InChI is InChI=1S/C32H47NO5/c1-4-7-10-12-15-20-30(34)37-27(19-14-9-6-3)28-22-23-29(36-28)32(26-18-17-24-33-25-26)38-31(35)21-16-13-11-8-5-2/h6,17-18,22-25,27,32H,3-5,7-16,19-21H2,1-2H3. The van der Waals surface area contributed by atoms with Crippen molar-refractivity contribution in [3.8, 4) is 0 Å². The Labute approximate surface area is 229 Å². The first-order valence-corrected chi connectivity index (χ1v) is 14.6. The lowest BCUT2D eigenvalue weighted by Gasteiger charge is -2.18. The van der Waals surface area contributed by atoms with Crippen molar-refractivity contribution in [2.45, 2.75) is 122 Å². The van der Waals surface area contributed by atoms with Gasteiger partial charge in [0.1, 0.15) is 11.5 Å². The van der Waals surface area contributed by atoms with Crippen LogP contribution in [0.1, 0.15) is 139 Å². The molecule has 2 aromatic rings. The summed E-state index contributed by atoms with van der Waals surface area (Å²) in [5.74, 6) is 0.594. The second kappa shape index (κ2) is 19.2. The number of unbranched alkanes of at least 4 members (excludes halogenated alkanes) is 9. The van der Waals surface area contributed by atoms with E-state index in [1.807, 2.05) is 24.3 Å². The van der Waals surface area contributed by atoms with Crippen LogP contribution in [-0.2, 0) is 19.1 Å². The van der Waals surface area contributed by atoms with Crippen LogP contribution in [0.3, 0.4) is 0 Å². The summed E-state index contributed by atoms with van der Waals surface area (Å²) < 4.78 is 18.0. The summed E-state index contributed by atoms with van der Waals surface area (Å²) in [6.07, 6.45) is 17.8. The number of furan rings is 1. The molecule has 6 heteroatoms. The van der Waals surface area contributed by atoms with E-state index >= 15 is 0 Å². The van der Waals surface area contributed by atoms with Crippen LogP contribution in [0.2, 0.25) is 0 Å². The van der Waals surface area contributed by atoms with Crippen LogP contribution in [0, 0.1) is 0 Å². The Morgan fingerprint density at radius 1 is 0.868 bits per heavy atom. The Morgan fingerprint density at radius 2 is 1.50 bits per heavy atom. The Morgan fingerprint density at radius 3 is 2.11 bits per heavy atom. The van der Waals surface area contributed by atoms with Crippen molar-refractivity contribution < 1.29 is 23.5 Å². The van der Waals surface area contributed by atoms with E-state index in [4.69, 9.17) is 13.9 Å². The van der Waals surface area contributed by atoms with E-state index in [1.54, 1.807) is 18.5 Å². The summed E-state index contributed by atoms with van der Waals surface area (Å²) in [6.45, 7) is 8.14. The van der Waals surface area contributed by atoms with Gasteiger partial charge in [-0.05, 0) is 50.3 Å². The maximum atomic E-state index is 12.7. The zero-order valence-corrected chi connectivity index (χ0v) is 23.5. The first-order valence-electron chi connectivity index (χ1n) is 14.6. The maximum absolute atomic E-state index is 12.7. The number of hydrogen-bond acceptors (Lipinski definition) is 6. The van der Waals surface area contributed by atoms with Crippen molar-refractivity contribution in [1.29, 1.82) is 0 Å². The van der Waals surface area contributed by atoms with Crippen molar-refractivity contribution in [2.24, 2.45) is 0 Å². The third kappa shape index (κ3) is 12.1. The summed E-state index contributed by atoms with van der Waals surface area (Å²) in [6, 6.07) is 7.31. The second-order valence-corrected chi connectivity index (χ2v) is 9.92. The van der Waals surface area contributed by atoms with Crippen LogP contribution in [-0.4, -0.2) is 16.9 Å². The van der Waals surface area contributed by atoms with Gasteiger partial charge in [0.25, 0.3) is 0 Å². The second-order valence-electron chi connectivity index (χ2n) is 9.92. The number of aromatic nitrogens is 1. The van der Waals surface area contributed by atoms with Gasteiger partial charge in [-0.1, -0.05) is 77.4 Å². The van der Waals surface area contributed by atoms with Crippen LogP contribution in [0.15, 0.2) is 53.7 Å². The molecule has 0 aliphatic carbocycles. The van der Waals surface area contributed by atoms with Crippen molar-refractivity contribution in [3.05, 3.63) is 66.4 Å². The predicted molar refractivity (Wildman–Crippen MR) is 151 cm³/mol. The Hall–Kier alpha value is -2.89. The molecule has 0 amide bonds. The highest BCUT2D eigenvalue weighted by Crippen LogP contribution is 2.33. The van der Waals surface area contributed by atoms with E-state index in [-0.39, 0.29) is 11.9 Å². The number of carbonyl (C=O) groups excluding carboxylic acids is 2. The van der Waals surface area contributed by atoms with Gasteiger partial charge in [-0.15, -0.1) is 6.58 Å². The fourth-order valence-electron chi connectivity index (χ4n) is 4.36. The molecular weight excluding hydrogens is 478 g/mol. The van der Waals surface area contributed by atoms with Gasteiger partial charge in [0.2, 0.25) is 0 Å². The number of nitrogens with zero attached hydrogens (tertiary/aromatic N) is 1. The van der Waals surface area contributed by atoms with Crippen LogP contribution in [0.4, 0.5) is 0 Å². The van der Waals surface area contributed by atoms with Crippen molar-refractivity contribution in [2.75, 3.05) is 0 Å². The van der Waals surface area contributed by atoms with Crippen LogP contribution in [0.25, 0.3) is 0 Å². The minimum atomic E-state index is -0.705. The fourth-order valence-corrected chi connectivity index (χ4v) is 4.36. The van der Waals surface area contributed by atoms with Crippen LogP contribution < -0.4 is 0 Å². The molecule has 2 unspecified atom stereocenters. The Bertz CT molecular complexity index is 923. The summed E-state index contributed by atoms with van der Waals surface area (Å²) in [4.78, 5) is 29.5. The van der Waals surface area contributed by atoms with Crippen molar-refractivity contribution in [3.63, 3.8) is 0 Å². The summed E-state index contributed by atoms with van der Waals surface area (Å²) in [5.41, 5.74) is 0.736. The van der Waals surface area contributed by atoms with E-state index in [0.29, 0.717) is 30.8 Å². The largest absolute Gasteiger partial charge is 0.458 e. The van der Waals surface area contributed by atoms with E-state index in [0.717, 1.165) is 63.4 Å². The molecule has 0 aliphatic heterocycles. The van der Waals surface area contributed by atoms with Crippen LogP contribution in [0.5, 0.6) is 0 Å². The van der Waals surface area contributed by atoms with E-state index in [9.17, 15) is 9.59 Å². The Kier molecular flexibility index (Phi) is 15.8. The number of rotatable bonds is 21. The predicted octanol–water partition coefficient (Wildman–Crippen LogP) is 8.97. The minimum absolute atomic E-state index is 0.207. The van der Waals surface area contributed by atoms with E-state index in [2.05, 4.69) is 25.4 Å². The molecule has 0 saturated heterocycles. The van der Waals surface area contributed by atoms with Crippen molar-refractivity contribution in [1.82, 2.24) is 4.98 Å². The van der Waals surface area contributed by atoms with Gasteiger partial charge in [-0.3, -0.25) is 14.6 Å². The first-order chi connectivity index (χ1) is 18.6. The van der Waals surface area contributed by atoms with E-state index < -0.39 is 12.2 Å². The number of carbonyl (C=O) groups is 2. The SMILES string of the molecule is C=CCCCC(OC(=O)CCCCCCC)c1ccc(C(OC(=O)CCCCCCC)c2cccnc2)o1. The minimum Gasteiger partial charge on any atom is -0.458 e.